The number of hydrogen-bond donors (Lipinski definition) is 4. The second-order valence-corrected chi connectivity index (χ2v) is 10.9. The first-order valence-electron chi connectivity index (χ1n) is 11.6. The molecule has 1 aliphatic carbocycles. The molecule has 184 valence electrons. The number of amides is 3. The summed E-state index contributed by atoms with van der Waals surface area (Å²) in [6.45, 7) is 1.69. The molecule has 9 nitrogen and oxygen atoms in total. The number of halogens is 1. The number of hydrogen-bond acceptors (Lipinski definition) is 6. The summed E-state index contributed by atoms with van der Waals surface area (Å²) in [5.41, 5.74) is 7.76. The molecule has 1 aromatic carbocycles. The van der Waals surface area contributed by atoms with Gasteiger partial charge in [-0.25, -0.2) is 4.98 Å². The SMILES string of the molecule is CN1CCc2nc(C(=O)N[C@@H]3C[C@@H](C(N)=O)CC[C@@H]3NC(=O)c3cc4cc(Cl)ccc4[nH]3)sc2C1. The van der Waals surface area contributed by atoms with E-state index in [0.717, 1.165) is 41.0 Å². The highest BCUT2D eigenvalue weighted by molar-refractivity contribution is 7.13. The Morgan fingerprint density at radius 1 is 1.17 bits per heavy atom. The van der Waals surface area contributed by atoms with Crippen molar-refractivity contribution in [1.29, 1.82) is 0 Å². The Hall–Kier alpha value is -2.95. The van der Waals surface area contributed by atoms with Gasteiger partial charge in [0.05, 0.1) is 11.7 Å². The van der Waals surface area contributed by atoms with Crippen LogP contribution in [0.15, 0.2) is 24.3 Å². The van der Waals surface area contributed by atoms with Crippen LogP contribution in [-0.2, 0) is 17.8 Å². The number of aromatic amines is 1. The van der Waals surface area contributed by atoms with Gasteiger partial charge in [0.2, 0.25) is 5.91 Å². The Labute approximate surface area is 211 Å². The summed E-state index contributed by atoms with van der Waals surface area (Å²) in [7, 11) is 2.05. The van der Waals surface area contributed by atoms with E-state index in [4.69, 9.17) is 17.3 Å². The average Bonchev–Trinajstić information content (AvgIpc) is 3.43. The molecular weight excluding hydrogens is 488 g/mol. The van der Waals surface area contributed by atoms with Gasteiger partial charge in [-0.1, -0.05) is 11.6 Å². The first-order valence-corrected chi connectivity index (χ1v) is 12.8. The average molecular weight is 515 g/mol. The number of benzene rings is 1. The molecule has 1 aliphatic heterocycles. The van der Waals surface area contributed by atoms with Crippen LogP contribution >= 0.6 is 22.9 Å². The zero-order valence-electron chi connectivity index (χ0n) is 19.3. The summed E-state index contributed by atoms with van der Waals surface area (Å²) in [4.78, 5) is 49.0. The summed E-state index contributed by atoms with van der Waals surface area (Å²) in [5, 5.41) is 7.90. The third kappa shape index (κ3) is 5.05. The first-order chi connectivity index (χ1) is 16.8. The van der Waals surface area contributed by atoms with Crippen molar-refractivity contribution in [3.8, 4) is 0 Å². The monoisotopic (exact) mass is 514 g/mol. The molecule has 0 radical (unpaired) electrons. The van der Waals surface area contributed by atoms with E-state index >= 15 is 0 Å². The Bertz CT molecular complexity index is 1300. The van der Waals surface area contributed by atoms with Gasteiger partial charge < -0.3 is 26.3 Å². The number of rotatable bonds is 5. The summed E-state index contributed by atoms with van der Waals surface area (Å²) in [6.07, 6.45) is 2.25. The summed E-state index contributed by atoms with van der Waals surface area (Å²) >= 11 is 7.46. The Balaban J connectivity index is 1.32. The van der Waals surface area contributed by atoms with Crippen molar-refractivity contribution in [1.82, 2.24) is 25.5 Å². The minimum absolute atomic E-state index is 0.285. The molecule has 1 fully saturated rings. The van der Waals surface area contributed by atoms with Crippen molar-refractivity contribution in [2.75, 3.05) is 13.6 Å². The fourth-order valence-corrected chi connectivity index (χ4v) is 6.16. The minimum Gasteiger partial charge on any atom is -0.369 e. The van der Waals surface area contributed by atoms with E-state index in [2.05, 4.69) is 25.5 Å². The molecule has 1 saturated carbocycles. The number of primary amides is 1. The van der Waals surface area contributed by atoms with E-state index in [0.29, 0.717) is 35.0 Å². The number of carbonyl (C=O) groups excluding carboxylic acids is 3. The van der Waals surface area contributed by atoms with Gasteiger partial charge in [0.15, 0.2) is 5.01 Å². The third-order valence-electron chi connectivity index (χ3n) is 6.83. The largest absolute Gasteiger partial charge is 0.369 e. The van der Waals surface area contributed by atoms with E-state index in [1.807, 2.05) is 13.1 Å². The van der Waals surface area contributed by atoms with Gasteiger partial charge in [-0.2, -0.15) is 0 Å². The summed E-state index contributed by atoms with van der Waals surface area (Å²) in [6, 6.07) is 6.32. The van der Waals surface area contributed by atoms with Crippen LogP contribution in [0.25, 0.3) is 10.9 Å². The number of nitrogens with zero attached hydrogens (tertiary/aromatic N) is 2. The van der Waals surface area contributed by atoms with Crippen LogP contribution in [0.1, 0.15) is 50.1 Å². The Morgan fingerprint density at radius 2 is 1.97 bits per heavy atom. The molecule has 0 saturated heterocycles. The molecule has 5 N–H and O–H groups in total. The van der Waals surface area contributed by atoms with Gasteiger partial charge in [0.25, 0.3) is 11.8 Å². The van der Waals surface area contributed by atoms with Crippen LogP contribution in [0.3, 0.4) is 0 Å². The number of likely N-dealkylation sites (N-methyl/N-ethyl adjacent to an activating group) is 1. The van der Waals surface area contributed by atoms with E-state index in [9.17, 15) is 14.4 Å². The van der Waals surface area contributed by atoms with Crippen LogP contribution < -0.4 is 16.4 Å². The zero-order chi connectivity index (χ0) is 24.7. The number of aromatic nitrogens is 2. The maximum Gasteiger partial charge on any atom is 0.280 e. The van der Waals surface area contributed by atoms with Gasteiger partial charge in [-0.05, 0) is 50.6 Å². The number of fused-ring (bicyclic) bond motifs is 2. The molecule has 0 spiro atoms. The fourth-order valence-electron chi connectivity index (χ4n) is 4.88. The predicted octanol–water partition coefficient (Wildman–Crippen LogP) is 2.45. The quantitative estimate of drug-likeness (QED) is 0.415. The van der Waals surface area contributed by atoms with Crippen LogP contribution in [0, 0.1) is 5.92 Å². The van der Waals surface area contributed by atoms with E-state index < -0.39 is 11.9 Å². The molecule has 3 amide bonds. The van der Waals surface area contributed by atoms with Crippen LogP contribution in [0.4, 0.5) is 0 Å². The Morgan fingerprint density at radius 3 is 2.77 bits per heavy atom. The predicted molar refractivity (Wildman–Crippen MR) is 135 cm³/mol. The maximum absolute atomic E-state index is 13.1. The second kappa shape index (κ2) is 9.60. The molecule has 0 unspecified atom stereocenters. The molecule has 11 heteroatoms. The smallest absolute Gasteiger partial charge is 0.280 e. The highest BCUT2D eigenvalue weighted by Crippen LogP contribution is 2.28. The fraction of sp³-hybridized carbons (Fsp3) is 0.417. The second-order valence-electron chi connectivity index (χ2n) is 9.36. The van der Waals surface area contributed by atoms with Gasteiger partial charge >= 0.3 is 0 Å². The lowest BCUT2D eigenvalue weighted by Crippen LogP contribution is -2.55. The standard InChI is InChI=1S/C24H27ClN6O3S/c1-31-7-6-17-20(11-31)35-24(30-17)23(34)29-18-9-12(21(26)32)2-4-16(18)28-22(33)19-10-13-8-14(25)3-5-15(13)27-19/h3,5,8,10,12,16,18,27H,2,4,6-7,9,11H2,1H3,(H2,26,32)(H,28,33)(H,29,34)/t12-,16-,18+/m0/s1. The van der Waals surface area contributed by atoms with Crippen LogP contribution in [0.5, 0.6) is 0 Å². The maximum atomic E-state index is 13.1. The van der Waals surface area contributed by atoms with Gasteiger partial charge in [0.1, 0.15) is 5.69 Å². The zero-order valence-corrected chi connectivity index (χ0v) is 20.8. The molecule has 3 heterocycles. The van der Waals surface area contributed by atoms with E-state index in [1.165, 1.54) is 11.3 Å². The van der Waals surface area contributed by atoms with Crippen molar-refractivity contribution in [3.05, 3.63) is 50.6 Å². The van der Waals surface area contributed by atoms with Crippen molar-refractivity contribution >= 4 is 51.6 Å². The highest BCUT2D eigenvalue weighted by atomic mass is 35.5. The van der Waals surface area contributed by atoms with E-state index in [-0.39, 0.29) is 23.8 Å². The molecule has 3 atom stereocenters. The lowest BCUT2D eigenvalue weighted by atomic mass is 9.81. The Kier molecular flexibility index (Phi) is 6.52. The van der Waals surface area contributed by atoms with Gasteiger partial charge in [0, 0.05) is 52.3 Å². The van der Waals surface area contributed by atoms with Crippen molar-refractivity contribution in [2.24, 2.45) is 11.7 Å². The lowest BCUT2D eigenvalue weighted by Gasteiger charge is -2.35. The molecule has 2 aromatic heterocycles. The molecule has 35 heavy (non-hydrogen) atoms. The van der Waals surface area contributed by atoms with E-state index in [1.54, 1.807) is 18.2 Å². The van der Waals surface area contributed by atoms with Crippen LogP contribution in [0.2, 0.25) is 5.02 Å². The normalized spacial score (nSPS) is 22.5. The van der Waals surface area contributed by atoms with Crippen LogP contribution in [-0.4, -0.2) is 58.3 Å². The summed E-state index contributed by atoms with van der Waals surface area (Å²) < 4.78 is 0. The topological polar surface area (TPSA) is 133 Å². The molecule has 3 aromatic rings. The van der Waals surface area contributed by atoms with Crippen molar-refractivity contribution < 1.29 is 14.4 Å². The highest BCUT2D eigenvalue weighted by Gasteiger charge is 2.36. The number of nitrogens with one attached hydrogen (secondary N) is 3. The lowest BCUT2D eigenvalue weighted by molar-refractivity contribution is -0.123. The third-order valence-corrected chi connectivity index (χ3v) is 8.15. The molecule has 0 bridgehead atoms. The van der Waals surface area contributed by atoms with Crippen molar-refractivity contribution in [3.63, 3.8) is 0 Å². The minimum atomic E-state index is -0.444. The molecular formula is C24H27ClN6O3S. The number of carbonyl (C=O) groups is 3. The van der Waals surface area contributed by atoms with Gasteiger partial charge in [-0.15, -0.1) is 11.3 Å². The molecule has 5 rings (SSSR count). The molecule has 2 aliphatic rings. The number of H-pyrrole nitrogens is 1. The number of nitrogens with two attached hydrogens (primary N) is 1. The summed E-state index contributed by atoms with van der Waals surface area (Å²) in [5.74, 6) is -1.33. The van der Waals surface area contributed by atoms with Crippen molar-refractivity contribution in [2.45, 2.75) is 44.3 Å². The van der Waals surface area contributed by atoms with Gasteiger partial charge in [-0.3, -0.25) is 14.4 Å². The first kappa shape index (κ1) is 23.8. The number of thiazole rings is 1.